The Morgan fingerprint density at radius 1 is 1.30 bits per heavy atom. The smallest absolute Gasteiger partial charge is 0.404 e. The van der Waals surface area contributed by atoms with Crippen molar-refractivity contribution < 1.29 is 38.2 Å². The van der Waals surface area contributed by atoms with Gasteiger partial charge in [0.2, 0.25) is 0 Å². The lowest BCUT2D eigenvalue weighted by Gasteiger charge is -2.56. The first-order chi connectivity index (χ1) is 14.1. The highest BCUT2D eigenvalue weighted by atomic mass is 16.8. The predicted molar refractivity (Wildman–Crippen MR) is 102 cm³/mol. The summed E-state index contributed by atoms with van der Waals surface area (Å²) in [5.74, 6) is -3.69. The molecule has 1 saturated heterocycles. The second kappa shape index (κ2) is 7.92. The monoisotopic (exact) mass is 421 g/mol. The summed E-state index contributed by atoms with van der Waals surface area (Å²) in [7, 11) is 1.80. The fourth-order valence-corrected chi connectivity index (χ4v) is 3.85. The second-order valence-corrected chi connectivity index (χ2v) is 7.21. The molecular formula is C19H23N3O8. The molecule has 3 unspecified atom stereocenters. The van der Waals surface area contributed by atoms with Crippen molar-refractivity contribution in [1.29, 1.82) is 0 Å². The minimum absolute atomic E-state index is 0.0711. The molecule has 11 nitrogen and oxygen atoms in total. The zero-order valence-electron chi connectivity index (χ0n) is 17.0. The van der Waals surface area contributed by atoms with E-state index in [1.54, 1.807) is 20.0 Å². The van der Waals surface area contributed by atoms with Crippen LogP contribution in [0.2, 0.25) is 0 Å². The van der Waals surface area contributed by atoms with Crippen molar-refractivity contribution in [3.8, 4) is 5.75 Å². The van der Waals surface area contributed by atoms with Gasteiger partial charge in [-0.25, -0.2) is 14.7 Å². The third-order valence-corrected chi connectivity index (χ3v) is 5.18. The highest BCUT2D eigenvalue weighted by Gasteiger charge is 2.60. The first-order valence-corrected chi connectivity index (χ1v) is 9.19. The van der Waals surface area contributed by atoms with Gasteiger partial charge in [0.15, 0.2) is 0 Å². The number of amides is 1. The van der Waals surface area contributed by atoms with Crippen LogP contribution in [0.25, 0.3) is 0 Å². The fraction of sp³-hybridized carbons (Fsp3) is 0.474. The van der Waals surface area contributed by atoms with Crippen molar-refractivity contribution >= 4 is 30.0 Å². The topological polar surface area (TPSA) is 138 Å². The van der Waals surface area contributed by atoms with E-state index in [-0.39, 0.29) is 24.6 Å². The molecule has 1 amide bonds. The number of aldehydes is 1. The number of likely N-dealkylation sites (N-methyl/N-ethyl adjacent to an activating group) is 1. The maximum atomic E-state index is 12.0. The van der Waals surface area contributed by atoms with E-state index in [4.69, 9.17) is 24.8 Å². The number of nitrogens with zero attached hydrogens (tertiary/aromatic N) is 2. The van der Waals surface area contributed by atoms with Crippen LogP contribution in [0, 0.1) is 0 Å². The van der Waals surface area contributed by atoms with E-state index in [0.29, 0.717) is 17.5 Å². The summed E-state index contributed by atoms with van der Waals surface area (Å²) in [6, 6.07) is 2.46. The van der Waals surface area contributed by atoms with Crippen LogP contribution in [-0.2, 0) is 23.9 Å². The van der Waals surface area contributed by atoms with Gasteiger partial charge in [-0.1, -0.05) is 0 Å². The lowest BCUT2D eigenvalue weighted by molar-refractivity contribution is -0.301. The molecular weight excluding hydrogens is 398 g/mol. The maximum absolute atomic E-state index is 12.0. The zero-order chi connectivity index (χ0) is 22.2. The number of carbonyl (C=O) groups excluding carboxylic acids is 4. The lowest BCUT2D eigenvalue weighted by Crippen LogP contribution is -2.69. The van der Waals surface area contributed by atoms with E-state index >= 15 is 0 Å². The van der Waals surface area contributed by atoms with Crippen molar-refractivity contribution in [3.63, 3.8) is 0 Å². The minimum Gasteiger partial charge on any atom is -0.449 e. The Bertz CT molecular complexity index is 904. The molecule has 3 rings (SSSR count). The van der Waals surface area contributed by atoms with Crippen LogP contribution in [0.4, 0.5) is 10.5 Å². The second-order valence-electron chi connectivity index (χ2n) is 7.21. The van der Waals surface area contributed by atoms with E-state index in [1.165, 1.54) is 25.0 Å². The minimum atomic E-state index is -1.61. The van der Waals surface area contributed by atoms with E-state index in [0.717, 1.165) is 0 Å². The summed E-state index contributed by atoms with van der Waals surface area (Å²) in [5.41, 5.74) is 6.21. The summed E-state index contributed by atoms with van der Waals surface area (Å²) in [6.45, 7) is 4.17. The Balaban J connectivity index is 2.29. The van der Waals surface area contributed by atoms with Gasteiger partial charge in [-0.05, 0) is 26.1 Å². The van der Waals surface area contributed by atoms with Crippen molar-refractivity contribution in [1.82, 2.24) is 4.90 Å². The van der Waals surface area contributed by atoms with Gasteiger partial charge in [-0.15, -0.1) is 0 Å². The lowest BCUT2D eigenvalue weighted by atomic mass is 9.82. The molecule has 2 aliphatic rings. The molecule has 2 N–H and O–H groups in total. The number of hydrogen-bond donors (Lipinski definition) is 1. The predicted octanol–water partition coefficient (Wildman–Crippen LogP) is 0.906. The van der Waals surface area contributed by atoms with Crippen LogP contribution in [0.5, 0.6) is 5.75 Å². The number of hydroxylamine groups is 1. The van der Waals surface area contributed by atoms with Crippen LogP contribution >= 0.6 is 0 Å². The molecule has 3 atom stereocenters. The molecule has 2 aliphatic heterocycles. The van der Waals surface area contributed by atoms with E-state index in [9.17, 15) is 19.2 Å². The van der Waals surface area contributed by atoms with Crippen molar-refractivity contribution in [2.75, 3.05) is 25.4 Å². The van der Waals surface area contributed by atoms with Gasteiger partial charge < -0.3 is 19.9 Å². The Morgan fingerprint density at radius 2 is 2.00 bits per heavy atom. The van der Waals surface area contributed by atoms with E-state index < -0.39 is 35.8 Å². The van der Waals surface area contributed by atoms with Crippen molar-refractivity contribution in [2.45, 2.75) is 38.5 Å². The highest BCUT2D eigenvalue weighted by molar-refractivity contribution is 5.82. The van der Waals surface area contributed by atoms with Gasteiger partial charge in [0.1, 0.15) is 18.6 Å². The van der Waals surface area contributed by atoms with Crippen molar-refractivity contribution in [3.05, 3.63) is 23.3 Å². The molecule has 0 spiro atoms. The number of benzene rings is 1. The molecule has 1 fully saturated rings. The third-order valence-electron chi connectivity index (χ3n) is 5.18. The van der Waals surface area contributed by atoms with Gasteiger partial charge in [-0.3, -0.25) is 19.3 Å². The average molecular weight is 421 g/mol. The number of nitrogens with two attached hydrogens (primary N) is 1. The van der Waals surface area contributed by atoms with E-state index in [1.807, 2.05) is 4.90 Å². The van der Waals surface area contributed by atoms with Crippen LogP contribution in [0.3, 0.4) is 0 Å². The molecule has 162 valence electrons. The number of anilines is 1. The maximum Gasteiger partial charge on any atom is 0.404 e. The molecule has 30 heavy (non-hydrogen) atoms. The van der Waals surface area contributed by atoms with Crippen LogP contribution < -0.4 is 15.5 Å². The van der Waals surface area contributed by atoms with Gasteiger partial charge in [-0.2, -0.15) is 0 Å². The number of rotatable bonds is 5. The summed E-state index contributed by atoms with van der Waals surface area (Å²) >= 11 is 0. The number of primary amides is 1. The molecule has 0 radical (unpaired) electrons. The number of hydrogen-bond acceptors (Lipinski definition) is 10. The molecule has 11 heteroatoms. The summed E-state index contributed by atoms with van der Waals surface area (Å²) < 4.78 is 16.1. The Labute approximate surface area is 172 Å². The van der Waals surface area contributed by atoms with Crippen LogP contribution in [-0.4, -0.2) is 61.4 Å². The number of carbonyl (C=O) groups is 4. The standard InChI is InChI=1S/C19H23N3O8/c1-10-19(29-12(3)25)14(8-27-18(20)26)17-15(22(30-19)9-21(10)4)5-13(7-23)6-16(17)28-11(2)24/h5-7,10,14H,8-9H2,1-4H3,(H2,20,26). The van der Waals surface area contributed by atoms with Gasteiger partial charge in [0.25, 0.3) is 5.79 Å². The average Bonchev–Trinajstić information content (AvgIpc) is 2.64. The summed E-state index contributed by atoms with van der Waals surface area (Å²) in [5, 5.41) is 1.44. The fourth-order valence-electron chi connectivity index (χ4n) is 3.85. The highest BCUT2D eigenvalue weighted by Crippen LogP contribution is 2.52. The summed E-state index contributed by atoms with van der Waals surface area (Å²) in [4.78, 5) is 54.5. The normalized spacial score (nSPS) is 25.1. The largest absolute Gasteiger partial charge is 0.449 e. The van der Waals surface area contributed by atoms with Crippen LogP contribution in [0.15, 0.2) is 12.1 Å². The van der Waals surface area contributed by atoms with Crippen molar-refractivity contribution in [2.24, 2.45) is 5.73 Å². The van der Waals surface area contributed by atoms with Gasteiger partial charge >= 0.3 is 18.0 Å². The Kier molecular flexibility index (Phi) is 5.68. The first-order valence-electron chi connectivity index (χ1n) is 9.19. The molecule has 2 bridgehead atoms. The number of esters is 2. The summed E-state index contributed by atoms with van der Waals surface area (Å²) in [6.07, 6.45) is -0.431. The Morgan fingerprint density at radius 3 is 2.57 bits per heavy atom. The third kappa shape index (κ3) is 3.68. The SMILES string of the molecule is CC(=O)Oc1cc(C=O)cc2c1C(COC(N)=O)C1(OC(C)=O)ON2CN(C)C1C. The molecule has 2 heterocycles. The van der Waals surface area contributed by atoms with Gasteiger partial charge in [0, 0.05) is 25.0 Å². The van der Waals surface area contributed by atoms with E-state index in [2.05, 4.69) is 0 Å². The Hall–Kier alpha value is -3.18. The zero-order valence-corrected chi connectivity index (χ0v) is 17.0. The van der Waals surface area contributed by atoms with Gasteiger partial charge in [0.05, 0.1) is 24.3 Å². The molecule has 1 aromatic rings. The number of fused-ring (bicyclic) bond motifs is 4. The molecule has 0 saturated carbocycles. The molecule has 1 aromatic carbocycles. The number of ether oxygens (including phenoxy) is 3. The van der Waals surface area contributed by atoms with Crippen LogP contribution in [0.1, 0.15) is 42.6 Å². The quantitative estimate of drug-likeness (QED) is 0.415. The molecule has 0 aliphatic carbocycles. The first kappa shape index (κ1) is 21.5. The molecule has 0 aromatic heterocycles.